The monoisotopic (exact) mass is 266 g/mol. The molecule has 0 radical (unpaired) electrons. The van der Waals surface area contributed by atoms with Crippen LogP contribution in [0.15, 0.2) is 18.5 Å². The van der Waals surface area contributed by atoms with Crippen LogP contribution < -0.4 is 4.90 Å². The number of aliphatic carboxylic acids is 1. The number of anilines is 1. The number of carboxylic acid groups (broad SMARTS) is 1. The number of aromatic nitrogens is 2. The highest BCUT2D eigenvalue weighted by atomic mass is 16.4. The normalized spacial score (nSPS) is 10.9. The molecule has 0 saturated carbocycles. The molecule has 1 aromatic rings. The number of carbonyl (C=O) groups is 2. The second-order valence-corrected chi connectivity index (χ2v) is 4.72. The molecule has 0 atom stereocenters. The van der Waals surface area contributed by atoms with E-state index in [1.165, 1.54) is 25.8 Å². The van der Waals surface area contributed by atoms with Crippen molar-refractivity contribution >= 4 is 17.8 Å². The van der Waals surface area contributed by atoms with Crippen molar-refractivity contribution in [2.75, 3.05) is 25.5 Å². The van der Waals surface area contributed by atoms with E-state index in [4.69, 9.17) is 5.11 Å². The van der Waals surface area contributed by atoms with E-state index in [2.05, 4.69) is 9.97 Å². The molecule has 0 aromatic carbocycles. The maximum atomic E-state index is 12.0. The number of likely N-dealkylation sites (N-methyl/N-ethyl adjacent to an activating group) is 2. The fourth-order valence-electron chi connectivity index (χ4n) is 1.32. The predicted octanol–water partition coefficient (Wildman–Crippen LogP) is 0.234. The third-order valence-electron chi connectivity index (χ3n) is 3.00. The van der Waals surface area contributed by atoms with Crippen LogP contribution in [-0.4, -0.2) is 58.0 Å². The van der Waals surface area contributed by atoms with Gasteiger partial charge in [0.15, 0.2) is 0 Å². The Kier molecular flexibility index (Phi) is 4.42. The van der Waals surface area contributed by atoms with Gasteiger partial charge >= 0.3 is 5.97 Å². The first-order valence-electron chi connectivity index (χ1n) is 5.75. The highest BCUT2D eigenvalue weighted by Gasteiger charge is 2.35. The molecule has 19 heavy (non-hydrogen) atoms. The van der Waals surface area contributed by atoms with Crippen molar-refractivity contribution in [1.82, 2.24) is 14.9 Å². The van der Waals surface area contributed by atoms with Crippen LogP contribution in [0, 0.1) is 0 Å². The summed E-state index contributed by atoms with van der Waals surface area (Å²) in [6.45, 7) is 2.97. The number of hydrogen-bond acceptors (Lipinski definition) is 5. The number of carbonyl (C=O) groups excluding carboxylic acids is 1. The molecule has 1 rings (SSSR count). The molecule has 104 valence electrons. The minimum atomic E-state index is -1.25. The molecule has 0 aliphatic carbocycles. The summed E-state index contributed by atoms with van der Waals surface area (Å²) in [4.78, 5) is 33.9. The molecule has 1 amide bonds. The molecule has 1 heterocycles. The summed E-state index contributed by atoms with van der Waals surface area (Å²) >= 11 is 0. The average molecular weight is 266 g/mol. The Morgan fingerprint density at radius 3 is 2.26 bits per heavy atom. The van der Waals surface area contributed by atoms with Gasteiger partial charge < -0.3 is 14.9 Å². The molecule has 7 heteroatoms. The quantitative estimate of drug-likeness (QED) is 0.821. The standard InChI is InChI=1S/C12H18N4O3/c1-12(2,10(18)19)16(4)9(17)8-15(3)11-13-6-5-7-14-11/h5-7H,8H2,1-4H3,(H,18,19). The Morgan fingerprint density at radius 1 is 1.26 bits per heavy atom. The van der Waals surface area contributed by atoms with Gasteiger partial charge in [-0.3, -0.25) is 4.79 Å². The van der Waals surface area contributed by atoms with E-state index in [1.807, 2.05) is 0 Å². The topological polar surface area (TPSA) is 86.6 Å². The van der Waals surface area contributed by atoms with Gasteiger partial charge in [-0.05, 0) is 19.9 Å². The smallest absolute Gasteiger partial charge is 0.329 e. The maximum absolute atomic E-state index is 12.0. The molecular weight excluding hydrogens is 248 g/mol. The van der Waals surface area contributed by atoms with E-state index in [0.29, 0.717) is 5.95 Å². The van der Waals surface area contributed by atoms with Crippen molar-refractivity contribution in [3.63, 3.8) is 0 Å². The van der Waals surface area contributed by atoms with Gasteiger partial charge in [0.1, 0.15) is 5.54 Å². The number of carboxylic acids is 1. The zero-order valence-corrected chi connectivity index (χ0v) is 11.5. The fraction of sp³-hybridized carbons (Fsp3) is 0.500. The van der Waals surface area contributed by atoms with E-state index >= 15 is 0 Å². The SMILES string of the molecule is CN(CC(=O)N(C)C(C)(C)C(=O)O)c1ncccn1. The lowest BCUT2D eigenvalue weighted by Gasteiger charge is -2.32. The van der Waals surface area contributed by atoms with Gasteiger partial charge in [-0.1, -0.05) is 0 Å². The summed E-state index contributed by atoms with van der Waals surface area (Å²) in [6.07, 6.45) is 3.16. The number of rotatable bonds is 5. The van der Waals surface area contributed by atoms with Crippen molar-refractivity contribution in [3.8, 4) is 0 Å². The summed E-state index contributed by atoms with van der Waals surface area (Å²) in [5, 5.41) is 9.08. The lowest BCUT2D eigenvalue weighted by atomic mass is 10.0. The summed E-state index contributed by atoms with van der Waals surface area (Å²) in [6, 6.07) is 1.68. The van der Waals surface area contributed by atoms with Gasteiger partial charge in [0.05, 0.1) is 6.54 Å². The molecule has 0 spiro atoms. The zero-order valence-electron chi connectivity index (χ0n) is 11.5. The Morgan fingerprint density at radius 2 is 1.79 bits per heavy atom. The van der Waals surface area contributed by atoms with Gasteiger partial charge in [0, 0.05) is 26.5 Å². The van der Waals surface area contributed by atoms with Gasteiger partial charge in [-0.15, -0.1) is 0 Å². The maximum Gasteiger partial charge on any atom is 0.329 e. The second kappa shape index (κ2) is 5.64. The van der Waals surface area contributed by atoms with Crippen LogP contribution in [0.2, 0.25) is 0 Å². The molecule has 0 saturated heterocycles. The van der Waals surface area contributed by atoms with Crippen LogP contribution in [0.5, 0.6) is 0 Å². The first-order chi connectivity index (χ1) is 8.76. The number of hydrogen-bond donors (Lipinski definition) is 1. The van der Waals surface area contributed by atoms with E-state index in [9.17, 15) is 9.59 Å². The Bertz CT molecular complexity index is 461. The third kappa shape index (κ3) is 3.40. The van der Waals surface area contributed by atoms with Gasteiger partial charge in [-0.25, -0.2) is 14.8 Å². The van der Waals surface area contributed by atoms with Crippen LogP contribution in [0.1, 0.15) is 13.8 Å². The third-order valence-corrected chi connectivity index (χ3v) is 3.00. The Labute approximate surface area is 111 Å². The molecule has 0 aliphatic rings. The van der Waals surface area contributed by atoms with Crippen molar-refractivity contribution in [1.29, 1.82) is 0 Å². The van der Waals surface area contributed by atoms with Crippen LogP contribution in [0.3, 0.4) is 0 Å². The van der Waals surface area contributed by atoms with E-state index in [1.54, 1.807) is 30.4 Å². The van der Waals surface area contributed by atoms with Gasteiger partial charge in [-0.2, -0.15) is 0 Å². The molecule has 0 bridgehead atoms. The molecule has 1 aromatic heterocycles. The summed E-state index contributed by atoms with van der Waals surface area (Å²) in [7, 11) is 3.14. The average Bonchev–Trinajstić information content (AvgIpc) is 2.38. The lowest BCUT2D eigenvalue weighted by molar-refractivity contribution is -0.154. The lowest BCUT2D eigenvalue weighted by Crippen LogP contribution is -2.53. The first-order valence-corrected chi connectivity index (χ1v) is 5.75. The van der Waals surface area contributed by atoms with E-state index < -0.39 is 11.5 Å². The Hall–Kier alpha value is -2.18. The minimum Gasteiger partial charge on any atom is -0.480 e. The largest absolute Gasteiger partial charge is 0.480 e. The summed E-state index contributed by atoms with van der Waals surface area (Å²) in [5.41, 5.74) is -1.25. The first kappa shape index (κ1) is 14.9. The fourth-order valence-corrected chi connectivity index (χ4v) is 1.32. The molecule has 0 unspecified atom stereocenters. The van der Waals surface area contributed by atoms with Crippen molar-refractivity contribution in [2.45, 2.75) is 19.4 Å². The minimum absolute atomic E-state index is 0.0111. The molecule has 7 nitrogen and oxygen atoms in total. The Balaban J connectivity index is 2.73. The highest BCUT2D eigenvalue weighted by Crippen LogP contribution is 2.13. The predicted molar refractivity (Wildman–Crippen MR) is 69.8 cm³/mol. The van der Waals surface area contributed by atoms with Gasteiger partial charge in [0.25, 0.3) is 0 Å². The molecule has 0 aliphatic heterocycles. The second-order valence-electron chi connectivity index (χ2n) is 4.72. The molecule has 0 fully saturated rings. The zero-order chi connectivity index (χ0) is 14.6. The van der Waals surface area contributed by atoms with Gasteiger partial charge in [0.2, 0.25) is 11.9 Å². The van der Waals surface area contributed by atoms with Crippen LogP contribution in [0.4, 0.5) is 5.95 Å². The van der Waals surface area contributed by atoms with Crippen molar-refractivity contribution in [3.05, 3.63) is 18.5 Å². The van der Waals surface area contributed by atoms with Crippen molar-refractivity contribution in [2.24, 2.45) is 0 Å². The van der Waals surface area contributed by atoms with Crippen molar-refractivity contribution < 1.29 is 14.7 Å². The number of amides is 1. The van der Waals surface area contributed by atoms with E-state index in [-0.39, 0.29) is 12.5 Å². The number of nitrogens with zero attached hydrogens (tertiary/aromatic N) is 4. The molecular formula is C12H18N4O3. The summed E-state index contributed by atoms with van der Waals surface area (Å²) in [5.74, 6) is -0.957. The van der Waals surface area contributed by atoms with Crippen LogP contribution >= 0.6 is 0 Å². The van der Waals surface area contributed by atoms with Crippen LogP contribution in [-0.2, 0) is 9.59 Å². The van der Waals surface area contributed by atoms with Crippen LogP contribution in [0.25, 0.3) is 0 Å². The van der Waals surface area contributed by atoms with E-state index in [0.717, 1.165) is 0 Å². The molecule has 1 N–H and O–H groups in total. The summed E-state index contributed by atoms with van der Waals surface area (Å²) < 4.78 is 0. The highest BCUT2D eigenvalue weighted by molar-refractivity contribution is 5.88.